The third-order valence-electron chi connectivity index (χ3n) is 4.38. The summed E-state index contributed by atoms with van der Waals surface area (Å²) in [5, 5.41) is 4.02. The van der Waals surface area contributed by atoms with Crippen LogP contribution >= 0.6 is 0 Å². The molecule has 25 heavy (non-hydrogen) atoms. The van der Waals surface area contributed by atoms with Crippen LogP contribution in [0.15, 0.2) is 59.1 Å². The van der Waals surface area contributed by atoms with Gasteiger partial charge in [0, 0.05) is 12.1 Å². The van der Waals surface area contributed by atoms with Crippen LogP contribution in [0.1, 0.15) is 35.1 Å². The van der Waals surface area contributed by atoms with Gasteiger partial charge >= 0.3 is 0 Å². The topological polar surface area (TPSA) is 59.2 Å². The molecular formula is C19H16FN3O2. The van der Waals surface area contributed by atoms with Crippen molar-refractivity contribution in [1.29, 1.82) is 0 Å². The quantitative estimate of drug-likeness (QED) is 0.728. The number of likely N-dealkylation sites (tertiary alicyclic amines) is 1. The maximum absolute atomic E-state index is 13.9. The van der Waals surface area contributed by atoms with Crippen LogP contribution < -0.4 is 0 Å². The largest absolute Gasteiger partial charge is 0.337 e. The first-order chi connectivity index (χ1) is 12.2. The first-order valence-corrected chi connectivity index (χ1v) is 8.18. The number of carbonyl (C=O) groups is 1. The first kappa shape index (κ1) is 15.5. The minimum Gasteiger partial charge on any atom is -0.337 e. The van der Waals surface area contributed by atoms with Crippen molar-refractivity contribution in [2.75, 3.05) is 6.54 Å². The van der Waals surface area contributed by atoms with E-state index in [4.69, 9.17) is 4.52 Å². The van der Waals surface area contributed by atoms with Crippen molar-refractivity contribution in [2.45, 2.75) is 18.9 Å². The van der Waals surface area contributed by atoms with E-state index >= 15 is 0 Å². The number of halogens is 1. The van der Waals surface area contributed by atoms with Gasteiger partial charge in [0.2, 0.25) is 11.7 Å². The van der Waals surface area contributed by atoms with Crippen molar-refractivity contribution in [3.63, 3.8) is 0 Å². The number of amides is 1. The second-order valence-electron chi connectivity index (χ2n) is 5.96. The normalized spacial score (nSPS) is 17.0. The molecule has 1 atom stereocenters. The molecule has 0 spiro atoms. The Morgan fingerprint density at radius 1 is 1.12 bits per heavy atom. The van der Waals surface area contributed by atoms with E-state index < -0.39 is 5.82 Å². The number of hydrogen-bond acceptors (Lipinski definition) is 4. The number of rotatable bonds is 3. The highest BCUT2D eigenvalue weighted by atomic mass is 19.1. The standard InChI is InChI=1S/C19H16FN3O2/c20-15-10-5-4-9-14(15)19(24)23-12-6-11-16(23)18-21-17(22-25-18)13-7-2-1-3-8-13/h1-5,7-10,16H,6,11-12H2/t16-/m1/s1. The molecule has 1 aliphatic rings. The molecule has 0 aliphatic carbocycles. The molecule has 0 bridgehead atoms. The van der Waals surface area contributed by atoms with Crippen LogP contribution in [0.25, 0.3) is 11.4 Å². The highest BCUT2D eigenvalue weighted by Crippen LogP contribution is 2.33. The Kier molecular flexibility index (Phi) is 4.01. The summed E-state index contributed by atoms with van der Waals surface area (Å²) in [6.45, 7) is 0.543. The molecule has 1 saturated heterocycles. The minimum atomic E-state index is -0.520. The Morgan fingerprint density at radius 3 is 2.68 bits per heavy atom. The van der Waals surface area contributed by atoms with E-state index in [0.717, 1.165) is 18.4 Å². The third kappa shape index (κ3) is 2.91. The van der Waals surface area contributed by atoms with Gasteiger partial charge in [0.1, 0.15) is 11.9 Å². The zero-order chi connectivity index (χ0) is 17.2. The third-order valence-corrected chi connectivity index (χ3v) is 4.38. The molecule has 3 aromatic rings. The van der Waals surface area contributed by atoms with Crippen LogP contribution in [0.2, 0.25) is 0 Å². The van der Waals surface area contributed by atoms with Crippen LogP contribution in [-0.2, 0) is 0 Å². The van der Waals surface area contributed by atoms with Crippen molar-refractivity contribution < 1.29 is 13.7 Å². The van der Waals surface area contributed by atoms with Crippen molar-refractivity contribution in [3.8, 4) is 11.4 Å². The van der Waals surface area contributed by atoms with Crippen LogP contribution in [-0.4, -0.2) is 27.5 Å². The van der Waals surface area contributed by atoms with Gasteiger partial charge in [-0.1, -0.05) is 47.6 Å². The van der Waals surface area contributed by atoms with Crippen LogP contribution in [0.3, 0.4) is 0 Å². The fourth-order valence-corrected chi connectivity index (χ4v) is 3.13. The predicted molar refractivity (Wildman–Crippen MR) is 89.1 cm³/mol. The molecule has 0 N–H and O–H groups in total. The fourth-order valence-electron chi connectivity index (χ4n) is 3.13. The van der Waals surface area contributed by atoms with Crippen LogP contribution in [0.5, 0.6) is 0 Å². The predicted octanol–water partition coefficient (Wildman–Crippen LogP) is 3.85. The highest BCUT2D eigenvalue weighted by Gasteiger charge is 2.35. The Balaban J connectivity index is 1.61. The molecule has 2 aromatic carbocycles. The Hall–Kier alpha value is -3.02. The van der Waals surface area contributed by atoms with E-state index in [1.807, 2.05) is 30.3 Å². The fraction of sp³-hybridized carbons (Fsp3) is 0.211. The van der Waals surface area contributed by atoms with E-state index in [0.29, 0.717) is 18.3 Å². The van der Waals surface area contributed by atoms with E-state index in [2.05, 4.69) is 10.1 Å². The second kappa shape index (κ2) is 6.47. The lowest BCUT2D eigenvalue weighted by Gasteiger charge is -2.22. The van der Waals surface area contributed by atoms with E-state index in [1.54, 1.807) is 17.0 Å². The molecule has 0 radical (unpaired) electrons. The van der Waals surface area contributed by atoms with Crippen molar-refractivity contribution >= 4 is 5.91 Å². The van der Waals surface area contributed by atoms with Gasteiger partial charge in [0.25, 0.3) is 5.91 Å². The molecule has 1 fully saturated rings. The zero-order valence-electron chi connectivity index (χ0n) is 13.4. The molecular weight excluding hydrogens is 321 g/mol. The maximum Gasteiger partial charge on any atom is 0.257 e. The molecule has 2 heterocycles. The summed E-state index contributed by atoms with van der Waals surface area (Å²) in [7, 11) is 0. The van der Waals surface area contributed by atoms with Crippen molar-refractivity contribution in [3.05, 3.63) is 71.9 Å². The van der Waals surface area contributed by atoms with Gasteiger partial charge in [-0.05, 0) is 25.0 Å². The summed E-state index contributed by atoms with van der Waals surface area (Å²) in [6.07, 6.45) is 1.53. The molecule has 0 unspecified atom stereocenters. The number of aromatic nitrogens is 2. The zero-order valence-corrected chi connectivity index (χ0v) is 13.4. The lowest BCUT2D eigenvalue weighted by atomic mass is 10.1. The van der Waals surface area contributed by atoms with Gasteiger partial charge in [-0.3, -0.25) is 4.79 Å². The average Bonchev–Trinajstić information content (AvgIpc) is 3.31. The van der Waals surface area contributed by atoms with E-state index in [-0.39, 0.29) is 17.5 Å². The van der Waals surface area contributed by atoms with Gasteiger partial charge in [0.15, 0.2) is 0 Å². The molecule has 4 rings (SSSR count). The van der Waals surface area contributed by atoms with Crippen molar-refractivity contribution in [1.82, 2.24) is 15.0 Å². The molecule has 126 valence electrons. The molecule has 1 aliphatic heterocycles. The Labute approximate surface area is 144 Å². The first-order valence-electron chi connectivity index (χ1n) is 8.18. The second-order valence-corrected chi connectivity index (χ2v) is 5.96. The minimum absolute atomic E-state index is 0.0669. The smallest absolute Gasteiger partial charge is 0.257 e. The van der Waals surface area contributed by atoms with Crippen LogP contribution in [0, 0.1) is 5.82 Å². The van der Waals surface area contributed by atoms with Gasteiger partial charge < -0.3 is 9.42 Å². The van der Waals surface area contributed by atoms with E-state index in [1.165, 1.54) is 12.1 Å². The monoisotopic (exact) mass is 337 g/mol. The average molecular weight is 337 g/mol. The Morgan fingerprint density at radius 2 is 1.88 bits per heavy atom. The number of carbonyl (C=O) groups excluding carboxylic acids is 1. The summed E-state index contributed by atoms with van der Waals surface area (Å²) in [4.78, 5) is 18.8. The molecule has 0 saturated carbocycles. The van der Waals surface area contributed by atoms with Gasteiger partial charge in [-0.15, -0.1) is 0 Å². The van der Waals surface area contributed by atoms with E-state index in [9.17, 15) is 9.18 Å². The summed E-state index contributed by atoms with van der Waals surface area (Å²) < 4.78 is 19.4. The van der Waals surface area contributed by atoms with Gasteiger partial charge in [0.05, 0.1) is 5.56 Å². The molecule has 1 aromatic heterocycles. The Bertz CT molecular complexity index is 894. The maximum atomic E-state index is 13.9. The molecule has 1 amide bonds. The number of benzene rings is 2. The SMILES string of the molecule is O=C(c1ccccc1F)N1CCC[C@@H]1c1nc(-c2ccccc2)no1. The van der Waals surface area contributed by atoms with Gasteiger partial charge in [-0.2, -0.15) is 4.98 Å². The summed E-state index contributed by atoms with van der Waals surface area (Å²) >= 11 is 0. The number of nitrogens with zero attached hydrogens (tertiary/aromatic N) is 3. The van der Waals surface area contributed by atoms with Gasteiger partial charge in [-0.25, -0.2) is 4.39 Å². The molecule has 6 heteroatoms. The van der Waals surface area contributed by atoms with Crippen LogP contribution in [0.4, 0.5) is 4.39 Å². The number of hydrogen-bond donors (Lipinski definition) is 0. The highest BCUT2D eigenvalue weighted by molar-refractivity contribution is 5.94. The molecule has 5 nitrogen and oxygen atoms in total. The summed E-state index contributed by atoms with van der Waals surface area (Å²) in [6, 6.07) is 15.2. The lowest BCUT2D eigenvalue weighted by molar-refractivity contribution is 0.0705. The lowest BCUT2D eigenvalue weighted by Crippen LogP contribution is -2.31. The van der Waals surface area contributed by atoms with Crippen molar-refractivity contribution in [2.24, 2.45) is 0 Å². The summed E-state index contributed by atoms with van der Waals surface area (Å²) in [5.41, 5.74) is 0.916. The summed E-state index contributed by atoms with van der Waals surface area (Å²) in [5.74, 6) is 0.00977.